The molecule has 0 spiro atoms. The van der Waals surface area contributed by atoms with Crippen LogP contribution in [-0.2, 0) is 4.79 Å². The number of aromatic amines is 1. The third kappa shape index (κ3) is 3.28. The summed E-state index contributed by atoms with van der Waals surface area (Å²) in [7, 11) is 0. The normalized spacial score (nSPS) is 13.9. The molecule has 2 aromatic heterocycles. The smallest absolute Gasteiger partial charge is 0.246 e. The number of benzene rings is 2. The van der Waals surface area contributed by atoms with Crippen molar-refractivity contribution in [2.45, 2.75) is 13.8 Å². The van der Waals surface area contributed by atoms with Gasteiger partial charge in [-0.15, -0.1) is 0 Å². The number of H-pyrrole nitrogens is 1. The first-order valence-corrected chi connectivity index (χ1v) is 11.1. The lowest BCUT2D eigenvalue weighted by Gasteiger charge is -2.36. The molecule has 34 heavy (non-hydrogen) atoms. The third-order valence-electron chi connectivity index (χ3n) is 6.55. The van der Waals surface area contributed by atoms with E-state index >= 15 is 4.39 Å². The van der Waals surface area contributed by atoms with E-state index in [2.05, 4.69) is 27.8 Å². The highest BCUT2D eigenvalue weighted by Gasteiger charge is 2.26. The fourth-order valence-electron chi connectivity index (χ4n) is 4.86. The van der Waals surface area contributed by atoms with Gasteiger partial charge in [0.1, 0.15) is 11.6 Å². The Morgan fingerprint density at radius 2 is 1.94 bits per heavy atom. The summed E-state index contributed by atoms with van der Waals surface area (Å²) in [5, 5.41) is 18.4. The van der Waals surface area contributed by atoms with Crippen LogP contribution in [0.3, 0.4) is 0 Å². The Morgan fingerprint density at radius 3 is 2.65 bits per heavy atom. The number of hydrogen-bond donors (Lipinski definition) is 1. The second-order valence-corrected chi connectivity index (χ2v) is 8.52. The van der Waals surface area contributed by atoms with Crippen LogP contribution in [0.4, 0.5) is 10.1 Å². The number of aromatic nitrogens is 3. The van der Waals surface area contributed by atoms with Crippen LogP contribution < -0.4 is 4.90 Å². The number of aryl methyl sites for hydroxylation is 2. The maximum atomic E-state index is 16.2. The molecule has 1 saturated heterocycles. The fourth-order valence-corrected chi connectivity index (χ4v) is 4.86. The molecule has 1 aliphatic rings. The molecule has 1 fully saturated rings. The van der Waals surface area contributed by atoms with Gasteiger partial charge in [0.2, 0.25) is 5.91 Å². The van der Waals surface area contributed by atoms with Crippen molar-refractivity contribution < 1.29 is 9.18 Å². The number of nitrogens with zero attached hydrogens (tertiary/aromatic N) is 5. The number of pyridine rings is 1. The van der Waals surface area contributed by atoms with Gasteiger partial charge in [-0.3, -0.25) is 14.9 Å². The summed E-state index contributed by atoms with van der Waals surface area (Å²) in [6.07, 6.45) is 4.46. The minimum absolute atomic E-state index is 0.116. The molecule has 3 heterocycles. The molecule has 170 valence electrons. The topological polar surface area (TPSA) is 88.9 Å². The van der Waals surface area contributed by atoms with Crippen LogP contribution in [0, 0.1) is 31.0 Å². The minimum atomic E-state index is -0.425. The summed E-state index contributed by atoms with van der Waals surface area (Å²) in [6, 6.07) is 8.03. The molecule has 0 unspecified atom stereocenters. The lowest BCUT2D eigenvalue weighted by atomic mass is 9.92. The molecular formula is C26H23FN6O. The fraction of sp³-hybridized carbons (Fsp3) is 0.231. The van der Waals surface area contributed by atoms with Crippen molar-refractivity contribution in [1.82, 2.24) is 20.1 Å². The summed E-state index contributed by atoms with van der Waals surface area (Å²) >= 11 is 0. The molecule has 1 N–H and O–H groups in total. The van der Waals surface area contributed by atoms with E-state index in [1.807, 2.05) is 36.9 Å². The third-order valence-corrected chi connectivity index (χ3v) is 6.55. The number of fused-ring (bicyclic) bond motifs is 2. The molecule has 5 rings (SSSR count). The minimum Gasteiger partial charge on any atom is -0.366 e. The Morgan fingerprint density at radius 1 is 1.18 bits per heavy atom. The van der Waals surface area contributed by atoms with Crippen molar-refractivity contribution in [3.8, 4) is 17.2 Å². The van der Waals surface area contributed by atoms with Crippen LogP contribution in [0.25, 0.3) is 32.9 Å². The van der Waals surface area contributed by atoms with Gasteiger partial charge < -0.3 is 9.80 Å². The Hall–Kier alpha value is -4.25. The van der Waals surface area contributed by atoms with E-state index < -0.39 is 5.82 Å². The zero-order valence-corrected chi connectivity index (χ0v) is 19.0. The van der Waals surface area contributed by atoms with Crippen molar-refractivity contribution in [1.29, 1.82) is 5.26 Å². The number of carbonyl (C=O) groups is 1. The number of halogens is 1. The van der Waals surface area contributed by atoms with E-state index in [1.165, 1.54) is 12.3 Å². The first-order valence-electron chi connectivity index (χ1n) is 11.1. The van der Waals surface area contributed by atoms with Gasteiger partial charge in [-0.05, 0) is 37.1 Å². The van der Waals surface area contributed by atoms with Gasteiger partial charge in [0.25, 0.3) is 0 Å². The number of amides is 1. The second kappa shape index (κ2) is 8.27. The molecular weight excluding hydrogens is 431 g/mol. The quantitative estimate of drug-likeness (QED) is 0.468. The summed E-state index contributed by atoms with van der Waals surface area (Å²) < 4.78 is 16.2. The van der Waals surface area contributed by atoms with Gasteiger partial charge in [-0.25, -0.2) is 4.39 Å². The van der Waals surface area contributed by atoms with Gasteiger partial charge in [-0.2, -0.15) is 10.4 Å². The molecule has 0 aliphatic carbocycles. The highest BCUT2D eigenvalue weighted by atomic mass is 19.1. The van der Waals surface area contributed by atoms with Crippen molar-refractivity contribution in [2.24, 2.45) is 0 Å². The Bertz CT molecular complexity index is 1510. The monoisotopic (exact) mass is 454 g/mol. The average molecular weight is 455 g/mol. The number of rotatable bonds is 3. The number of nitrogens with one attached hydrogen (secondary N) is 1. The second-order valence-electron chi connectivity index (χ2n) is 8.52. The van der Waals surface area contributed by atoms with E-state index in [-0.39, 0.29) is 11.4 Å². The number of anilines is 1. The highest BCUT2D eigenvalue weighted by molar-refractivity contribution is 6.02. The lowest BCUT2D eigenvalue weighted by molar-refractivity contribution is -0.126. The molecule has 7 nitrogen and oxygen atoms in total. The first-order chi connectivity index (χ1) is 16.4. The summed E-state index contributed by atoms with van der Waals surface area (Å²) in [5.41, 5.74) is 4.94. The Kier molecular flexibility index (Phi) is 5.25. The molecule has 4 aromatic rings. The van der Waals surface area contributed by atoms with Crippen molar-refractivity contribution in [2.75, 3.05) is 31.1 Å². The standard InChI is InChI=1S/C26H23FN6O/c1-4-20(34)32-7-9-33(10-8-32)26-18(12-28)13-29-25-19(26)11-16(3)21(23(25)27)22-15(2)5-6-17-14-30-31-24(17)22/h4-6,11,13-14H,1,7-10H2,2-3H3,(H,30,31). The summed E-state index contributed by atoms with van der Waals surface area (Å²) in [4.78, 5) is 20.1. The SMILES string of the molecule is C=CC(=O)N1CCN(c2c(C#N)cnc3c(F)c(-c4c(C)ccc5cn[nH]c45)c(C)cc23)CC1. The highest BCUT2D eigenvalue weighted by Crippen LogP contribution is 2.40. The molecule has 0 saturated carbocycles. The van der Waals surface area contributed by atoms with Crippen LogP contribution in [0.1, 0.15) is 16.7 Å². The zero-order valence-electron chi connectivity index (χ0n) is 19.0. The first kappa shape index (κ1) is 21.6. The number of nitriles is 1. The van der Waals surface area contributed by atoms with Crippen LogP contribution in [0.15, 0.2) is 43.2 Å². The van der Waals surface area contributed by atoms with Gasteiger partial charge in [0.15, 0.2) is 5.82 Å². The van der Waals surface area contributed by atoms with E-state index in [1.54, 1.807) is 11.1 Å². The largest absolute Gasteiger partial charge is 0.366 e. The van der Waals surface area contributed by atoms with Crippen molar-refractivity contribution in [3.05, 3.63) is 65.8 Å². The Balaban J connectivity index is 1.69. The predicted molar refractivity (Wildman–Crippen MR) is 130 cm³/mol. The van der Waals surface area contributed by atoms with Gasteiger partial charge in [-0.1, -0.05) is 18.7 Å². The molecule has 0 radical (unpaired) electrons. The van der Waals surface area contributed by atoms with Crippen molar-refractivity contribution in [3.63, 3.8) is 0 Å². The maximum absolute atomic E-state index is 16.2. The van der Waals surface area contributed by atoms with Gasteiger partial charge in [0.05, 0.1) is 23.0 Å². The van der Waals surface area contributed by atoms with E-state index in [0.29, 0.717) is 48.4 Å². The molecule has 1 amide bonds. The van der Waals surface area contributed by atoms with Crippen molar-refractivity contribution >= 4 is 33.4 Å². The predicted octanol–water partition coefficient (Wildman–Crippen LogP) is 4.24. The van der Waals surface area contributed by atoms with Crippen LogP contribution in [0.2, 0.25) is 0 Å². The average Bonchev–Trinajstić information content (AvgIpc) is 3.33. The van der Waals surface area contributed by atoms with Crippen LogP contribution >= 0.6 is 0 Å². The molecule has 0 bridgehead atoms. The number of carbonyl (C=O) groups excluding carboxylic acids is 1. The summed E-state index contributed by atoms with van der Waals surface area (Å²) in [5.74, 6) is -0.541. The maximum Gasteiger partial charge on any atom is 0.246 e. The molecule has 8 heteroatoms. The van der Waals surface area contributed by atoms with Crippen LogP contribution in [0.5, 0.6) is 0 Å². The zero-order chi connectivity index (χ0) is 24.0. The molecule has 2 aromatic carbocycles. The Labute approximate surface area is 196 Å². The van der Waals surface area contributed by atoms with E-state index in [9.17, 15) is 10.1 Å². The van der Waals surface area contributed by atoms with Crippen LogP contribution in [-0.4, -0.2) is 52.2 Å². The van der Waals surface area contributed by atoms with Gasteiger partial charge >= 0.3 is 0 Å². The number of hydrogen-bond acceptors (Lipinski definition) is 5. The van der Waals surface area contributed by atoms with Gasteiger partial charge in [0, 0.05) is 54.3 Å². The summed E-state index contributed by atoms with van der Waals surface area (Å²) in [6.45, 7) is 9.43. The van der Waals surface area contributed by atoms with E-state index in [0.717, 1.165) is 27.6 Å². The lowest BCUT2D eigenvalue weighted by Crippen LogP contribution is -2.48. The number of piperazine rings is 1. The molecule has 0 atom stereocenters. The van der Waals surface area contributed by atoms with E-state index in [4.69, 9.17) is 0 Å². The molecule has 1 aliphatic heterocycles.